The molecule has 1 unspecified atom stereocenters. The molecule has 194 valence electrons. The van der Waals surface area contributed by atoms with E-state index in [4.69, 9.17) is 14.2 Å². The average molecular weight is 504 g/mol. The van der Waals surface area contributed by atoms with E-state index < -0.39 is 23.3 Å². The Labute approximate surface area is 209 Å². The van der Waals surface area contributed by atoms with Crippen LogP contribution in [0.3, 0.4) is 0 Å². The third-order valence-corrected chi connectivity index (χ3v) is 6.36. The van der Waals surface area contributed by atoms with Gasteiger partial charge in [-0.3, -0.25) is 0 Å². The van der Waals surface area contributed by atoms with E-state index in [1.165, 1.54) is 18.6 Å². The number of aryl methyl sites for hydroxylation is 1. The van der Waals surface area contributed by atoms with Crippen LogP contribution >= 0.6 is 0 Å². The summed E-state index contributed by atoms with van der Waals surface area (Å²) >= 11 is 0. The van der Waals surface area contributed by atoms with E-state index in [0.29, 0.717) is 53.7 Å². The van der Waals surface area contributed by atoms with E-state index in [0.717, 1.165) is 18.9 Å². The monoisotopic (exact) mass is 503 g/mol. The van der Waals surface area contributed by atoms with Gasteiger partial charge in [0, 0.05) is 23.9 Å². The number of ether oxygens (including phenoxy) is 3. The van der Waals surface area contributed by atoms with Crippen LogP contribution in [-0.2, 0) is 10.7 Å². The van der Waals surface area contributed by atoms with Crippen molar-refractivity contribution in [3.63, 3.8) is 0 Å². The van der Waals surface area contributed by atoms with E-state index in [1.807, 2.05) is 6.92 Å². The zero-order chi connectivity index (χ0) is 26.0. The molecule has 2 atom stereocenters. The molecule has 1 aliphatic carbocycles. The molecule has 6 nitrogen and oxygen atoms in total. The van der Waals surface area contributed by atoms with Gasteiger partial charge in [0.15, 0.2) is 11.5 Å². The van der Waals surface area contributed by atoms with Crippen LogP contribution < -0.4 is 14.8 Å². The van der Waals surface area contributed by atoms with Crippen molar-refractivity contribution in [3.05, 3.63) is 53.1 Å². The predicted molar refractivity (Wildman–Crippen MR) is 133 cm³/mol. The second-order valence-electron chi connectivity index (χ2n) is 9.42. The normalized spacial score (nSPS) is 15.9. The zero-order valence-electron chi connectivity index (χ0n) is 21.2. The highest BCUT2D eigenvalue weighted by molar-refractivity contribution is 5.92. The lowest BCUT2D eigenvalue weighted by Gasteiger charge is -2.27. The standard InChI is InChI=1S/C27H32F3N3O3/c1-15(14-35-18-8-6-9-18)36-24-12-20-22(13-23(24)34-5)32-17(3)33-26(20)31-16(2)19-10-7-11-21(25(19)28)27(4,29)30/h7,10-13,15-16,18H,6,8-9,14H2,1-5H3,(H,31,32,33)/t15?,16-/m1/s1. The Bertz CT molecular complexity index is 1230. The molecule has 1 N–H and O–H groups in total. The molecule has 0 aliphatic heterocycles. The lowest BCUT2D eigenvalue weighted by atomic mass is 9.96. The van der Waals surface area contributed by atoms with E-state index in [-0.39, 0.29) is 11.7 Å². The number of benzene rings is 2. The second-order valence-corrected chi connectivity index (χ2v) is 9.42. The minimum Gasteiger partial charge on any atom is -0.493 e. The number of hydrogen-bond donors (Lipinski definition) is 1. The Balaban J connectivity index is 1.64. The van der Waals surface area contributed by atoms with Crippen molar-refractivity contribution in [1.29, 1.82) is 0 Å². The first-order valence-electron chi connectivity index (χ1n) is 12.1. The van der Waals surface area contributed by atoms with Gasteiger partial charge in [0.25, 0.3) is 5.92 Å². The lowest BCUT2D eigenvalue weighted by molar-refractivity contribution is -0.0310. The summed E-state index contributed by atoms with van der Waals surface area (Å²) in [6, 6.07) is 6.90. The van der Waals surface area contributed by atoms with Crippen LogP contribution in [0.2, 0.25) is 0 Å². The highest BCUT2D eigenvalue weighted by Crippen LogP contribution is 2.37. The molecule has 0 spiro atoms. The summed E-state index contributed by atoms with van der Waals surface area (Å²) in [5.41, 5.74) is 0.0789. The number of nitrogens with zero attached hydrogens (tertiary/aromatic N) is 2. The Kier molecular flexibility index (Phi) is 7.59. The quantitative estimate of drug-likeness (QED) is 0.332. The number of aromatic nitrogens is 2. The van der Waals surface area contributed by atoms with Gasteiger partial charge in [-0.05, 0) is 46.1 Å². The molecule has 36 heavy (non-hydrogen) atoms. The minimum absolute atomic E-state index is 0.116. The van der Waals surface area contributed by atoms with Gasteiger partial charge in [0.1, 0.15) is 23.6 Å². The smallest absolute Gasteiger partial charge is 0.273 e. The summed E-state index contributed by atoms with van der Waals surface area (Å²) in [7, 11) is 1.55. The molecule has 0 amide bonds. The Morgan fingerprint density at radius 2 is 1.89 bits per heavy atom. The Morgan fingerprint density at radius 1 is 1.14 bits per heavy atom. The first-order valence-corrected chi connectivity index (χ1v) is 12.1. The average Bonchev–Trinajstić information content (AvgIpc) is 2.77. The number of anilines is 1. The van der Waals surface area contributed by atoms with Gasteiger partial charge < -0.3 is 19.5 Å². The summed E-state index contributed by atoms with van der Waals surface area (Å²) in [5, 5.41) is 3.81. The molecule has 4 rings (SSSR count). The van der Waals surface area contributed by atoms with E-state index in [2.05, 4.69) is 15.3 Å². The SMILES string of the molecule is COc1cc2nc(C)nc(N[C@H](C)c3cccc(C(C)(F)F)c3F)c2cc1OC(C)COC1CCC1. The van der Waals surface area contributed by atoms with Crippen LogP contribution in [0.4, 0.5) is 19.0 Å². The van der Waals surface area contributed by atoms with Crippen LogP contribution in [0.25, 0.3) is 10.9 Å². The summed E-state index contributed by atoms with van der Waals surface area (Å²) < 4.78 is 60.3. The predicted octanol–water partition coefficient (Wildman–Crippen LogP) is 6.71. The van der Waals surface area contributed by atoms with Gasteiger partial charge in [-0.1, -0.05) is 18.2 Å². The largest absolute Gasteiger partial charge is 0.493 e. The first kappa shape index (κ1) is 26.0. The van der Waals surface area contributed by atoms with Crippen molar-refractivity contribution >= 4 is 16.7 Å². The van der Waals surface area contributed by atoms with Crippen molar-refractivity contribution in [3.8, 4) is 11.5 Å². The summed E-state index contributed by atoms with van der Waals surface area (Å²) in [6.45, 7) is 6.50. The fraction of sp³-hybridized carbons (Fsp3) is 0.481. The maximum absolute atomic E-state index is 15.0. The molecule has 1 saturated carbocycles. The van der Waals surface area contributed by atoms with Gasteiger partial charge in [0.2, 0.25) is 0 Å². The second kappa shape index (κ2) is 10.5. The maximum Gasteiger partial charge on any atom is 0.273 e. The molecular formula is C27H32F3N3O3. The minimum atomic E-state index is -3.29. The molecule has 0 bridgehead atoms. The molecule has 9 heteroatoms. The van der Waals surface area contributed by atoms with Crippen molar-refractivity contribution in [2.75, 3.05) is 19.0 Å². The zero-order valence-corrected chi connectivity index (χ0v) is 21.2. The molecule has 0 saturated heterocycles. The maximum atomic E-state index is 15.0. The molecule has 2 aromatic carbocycles. The molecule has 3 aromatic rings. The molecule has 1 fully saturated rings. The molecular weight excluding hydrogens is 471 g/mol. The Hall–Kier alpha value is -3.07. The number of rotatable bonds is 10. The topological polar surface area (TPSA) is 65.5 Å². The Morgan fingerprint density at radius 3 is 2.53 bits per heavy atom. The molecule has 1 aliphatic rings. The third kappa shape index (κ3) is 5.67. The summed E-state index contributed by atoms with van der Waals surface area (Å²) in [5.74, 6) is -2.30. The number of hydrogen-bond acceptors (Lipinski definition) is 6. The third-order valence-electron chi connectivity index (χ3n) is 6.36. The highest BCUT2D eigenvalue weighted by Gasteiger charge is 2.30. The van der Waals surface area contributed by atoms with Gasteiger partial charge in [-0.2, -0.15) is 0 Å². The van der Waals surface area contributed by atoms with Crippen LogP contribution in [0.15, 0.2) is 30.3 Å². The number of halogens is 3. The van der Waals surface area contributed by atoms with E-state index in [1.54, 1.807) is 33.1 Å². The van der Waals surface area contributed by atoms with Gasteiger partial charge in [-0.15, -0.1) is 0 Å². The lowest BCUT2D eigenvalue weighted by Crippen LogP contribution is -2.28. The van der Waals surface area contributed by atoms with Crippen molar-refractivity contribution in [2.45, 2.75) is 71.1 Å². The summed E-state index contributed by atoms with van der Waals surface area (Å²) in [6.07, 6.45) is 3.44. The molecule has 1 aromatic heterocycles. The van der Waals surface area contributed by atoms with Gasteiger partial charge >= 0.3 is 0 Å². The van der Waals surface area contributed by atoms with Crippen LogP contribution in [0.1, 0.15) is 63.0 Å². The fourth-order valence-corrected chi connectivity index (χ4v) is 4.18. The summed E-state index contributed by atoms with van der Waals surface area (Å²) in [4.78, 5) is 9.01. The number of fused-ring (bicyclic) bond motifs is 1. The fourth-order valence-electron chi connectivity index (χ4n) is 4.18. The van der Waals surface area contributed by atoms with Crippen molar-refractivity contribution in [2.24, 2.45) is 0 Å². The molecule has 1 heterocycles. The van der Waals surface area contributed by atoms with E-state index >= 15 is 0 Å². The highest BCUT2D eigenvalue weighted by atomic mass is 19.3. The van der Waals surface area contributed by atoms with Crippen molar-refractivity contribution < 1.29 is 27.4 Å². The first-order chi connectivity index (χ1) is 17.1. The van der Waals surface area contributed by atoms with Crippen LogP contribution in [0, 0.1) is 12.7 Å². The van der Waals surface area contributed by atoms with E-state index in [9.17, 15) is 13.2 Å². The van der Waals surface area contributed by atoms with Crippen LogP contribution in [-0.4, -0.2) is 35.9 Å². The van der Waals surface area contributed by atoms with Crippen LogP contribution in [0.5, 0.6) is 11.5 Å². The number of alkyl halides is 2. The number of nitrogens with one attached hydrogen (secondary N) is 1. The molecule has 0 radical (unpaired) electrons. The van der Waals surface area contributed by atoms with Gasteiger partial charge in [-0.25, -0.2) is 23.1 Å². The van der Waals surface area contributed by atoms with Crippen molar-refractivity contribution in [1.82, 2.24) is 9.97 Å². The number of methoxy groups -OCH3 is 1. The van der Waals surface area contributed by atoms with Gasteiger partial charge in [0.05, 0.1) is 36.9 Å².